The third-order valence-electron chi connectivity index (χ3n) is 3.91. The fourth-order valence-corrected chi connectivity index (χ4v) is 3.21. The number of imide groups is 1. The standard InChI is InChI=1S/C18H21NO6S/c1-5-11(2)19-17(21)15(26-18(19)22)9-12-6-7-13(14(8-12)23-3)25-10-16(20)24-4/h6-9,11H,5,10H2,1-4H3/t11-/m1/s1. The maximum Gasteiger partial charge on any atom is 0.343 e. The van der Waals surface area contributed by atoms with E-state index in [1.165, 1.54) is 19.1 Å². The van der Waals surface area contributed by atoms with Crippen LogP contribution in [-0.4, -0.2) is 48.9 Å². The van der Waals surface area contributed by atoms with Crippen LogP contribution in [0.25, 0.3) is 6.08 Å². The third kappa shape index (κ3) is 4.37. The second-order valence-electron chi connectivity index (χ2n) is 5.58. The highest BCUT2D eigenvalue weighted by molar-refractivity contribution is 8.18. The quantitative estimate of drug-likeness (QED) is 0.532. The molecule has 1 aliphatic heterocycles. The molecule has 0 radical (unpaired) electrons. The van der Waals surface area contributed by atoms with Gasteiger partial charge >= 0.3 is 5.97 Å². The number of carbonyl (C=O) groups excluding carboxylic acids is 3. The number of hydrogen-bond donors (Lipinski definition) is 0. The second-order valence-corrected chi connectivity index (χ2v) is 6.58. The van der Waals surface area contributed by atoms with Crippen molar-refractivity contribution in [2.45, 2.75) is 26.3 Å². The first-order valence-corrected chi connectivity index (χ1v) is 8.87. The summed E-state index contributed by atoms with van der Waals surface area (Å²) in [6.45, 7) is 3.53. The monoisotopic (exact) mass is 379 g/mol. The van der Waals surface area contributed by atoms with E-state index in [0.717, 1.165) is 11.8 Å². The molecule has 1 aliphatic rings. The van der Waals surface area contributed by atoms with Gasteiger partial charge in [0.25, 0.3) is 11.1 Å². The predicted octanol–water partition coefficient (Wildman–Crippen LogP) is 3.08. The fourth-order valence-electron chi connectivity index (χ4n) is 2.28. The summed E-state index contributed by atoms with van der Waals surface area (Å²) in [5.74, 6) is -0.0132. The first kappa shape index (κ1) is 19.8. The highest BCUT2D eigenvalue weighted by atomic mass is 32.2. The summed E-state index contributed by atoms with van der Waals surface area (Å²) in [6, 6.07) is 4.87. The lowest BCUT2D eigenvalue weighted by Crippen LogP contribution is -2.36. The lowest BCUT2D eigenvalue weighted by molar-refractivity contribution is -0.143. The Labute approximate surface area is 156 Å². The highest BCUT2D eigenvalue weighted by Gasteiger charge is 2.37. The maximum atomic E-state index is 12.5. The Balaban J connectivity index is 2.21. The van der Waals surface area contributed by atoms with Gasteiger partial charge in [0, 0.05) is 6.04 Å². The molecule has 0 saturated carbocycles. The van der Waals surface area contributed by atoms with Crippen molar-refractivity contribution in [1.82, 2.24) is 4.90 Å². The average Bonchev–Trinajstić information content (AvgIpc) is 2.92. The number of methoxy groups -OCH3 is 2. The van der Waals surface area contributed by atoms with Crippen molar-refractivity contribution in [2.24, 2.45) is 0 Å². The normalized spacial score (nSPS) is 16.8. The largest absolute Gasteiger partial charge is 0.493 e. The van der Waals surface area contributed by atoms with E-state index in [9.17, 15) is 14.4 Å². The molecule has 0 aromatic heterocycles. The van der Waals surface area contributed by atoms with Crippen molar-refractivity contribution in [3.05, 3.63) is 28.7 Å². The summed E-state index contributed by atoms with van der Waals surface area (Å²) >= 11 is 0.920. The SMILES string of the molecule is CC[C@@H](C)N1C(=O)SC(=Cc2ccc(OCC(=O)OC)c(OC)c2)C1=O. The van der Waals surface area contributed by atoms with Crippen molar-refractivity contribution >= 4 is 35.0 Å². The molecule has 2 rings (SSSR count). The molecule has 0 N–H and O–H groups in total. The van der Waals surface area contributed by atoms with Gasteiger partial charge in [-0.1, -0.05) is 13.0 Å². The Bertz CT molecular complexity index is 745. The molecule has 8 heteroatoms. The molecule has 0 bridgehead atoms. The molecule has 2 amide bonds. The summed E-state index contributed by atoms with van der Waals surface area (Å²) < 4.78 is 15.1. The summed E-state index contributed by atoms with van der Waals surface area (Å²) in [4.78, 5) is 37.4. The molecule has 1 heterocycles. The zero-order chi connectivity index (χ0) is 19.3. The lowest BCUT2D eigenvalue weighted by atomic mass is 10.1. The van der Waals surface area contributed by atoms with E-state index in [2.05, 4.69) is 4.74 Å². The number of esters is 1. The van der Waals surface area contributed by atoms with Crippen LogP contribution in [0.5, 0.6) is 11.5 Å². The van der Waals surface area contributed by atoms with E-state index >= 15 is 0 Å². The van der Waals surface area contributed by atoms with Crippen LogP contribution >= 0.6 is 11.8 Å². The number of rotatable bonds is 7. The summed E-state index contributed by atoms with van der Waals surface area (Å²) in [5, 5.41) is -0.263. The van der Waals surface area contributed by atoms with Crippen molar-refractivity contribution in [3.63, 3.8) is 0 Å². The third-order valence-corrected chi connectivity index (χ3v) is 4.80. The van der Waals surface area contributed by atoms with Gasteiger partial charge in [-0.3, -0.25) is 14.5 Å². The Morgan fingerprint density at radius 2 is 2.00 bits per heavy atom. The maximum absolute atomic E-state index is 12.5. The Kier molecular flexibility index (Phi) is 6.68. The molecule has 1 fully saturated rings. The molecule has 0 unspecified atom stereocenters. The van der Waals surface area contributed by atoms with E-state index in [-0.39, 0.29) is 23.8 Å². The van der Waals surface area contributed by atoms with Crippen LogP contribution in [0, 0.1) is 0 Å². The molecule has 1 aromatic carbocycles. The lowest BCUT2D eigenvalue weighted by Gasteiger charge is -2.19. The predicted molar refractivity (Wildman–Crippen MR) is 98.1 cm³/mol. The molecule has 0 aliphatic carbocycles. The second kappa shape index (κ2) is 8.75. The van der Waals surface area contributed by atoms with Crippen molar-refractivity contribution in [2.75, 3.05) is 20.8 Å². The summed E-state index contributed by atoms with van der Waals surface area (Å²) in [5.41, 5.74) is 0.682. The zero-order valence-electron chi connectivity index (χ0n) is 15.1. The highest BCUT2D eigenvalue weighted by Crippen LogP contribution is 2.35. The number of nitrogens with zero attached hydrogens (tertiary/aromatic N) is 1. The molecule has 1 atom stereocenters. The molecule has 140 valence electrons. The number of benzene rings is 1. The number of amides is 2. The van der Waals surface area contributed by atoms with E-state index < -0.39 is 5.97 Å². The van der Waals surface area contributed by atoms with Crippen LogP contribution in [0.1, 0.15) is 25.8 Å². The van der Waals surface area contributed by atoms with Crippen molar-refractivity contribution in [3.8, 4) is 11.5 Å². The first-order chi connectivity index (χ1) is 12.4. The van der Waals surface area contributed by atoms with Gasteiger partial charge in [-0.25, -0.2) is 4.79 Å². The van der Waals surface area contributed by atoms with Gasteiger partial charge in [0.1, 0.15) is 0 Å². The topological polar surface area (TPSA) is 82.1 Å². The number of ether oxygens (including phenoxy) is 3. The minimum atomic E-state index is -0.505. The first-order valence-electron chi connectivity index (χ1n) is 8.06. The van der Waals surface area contributed by atoms with Gasteiger partial charge in [0.05, 0.1) is 19.1 Å². The van der Waals surface area contributed by atoms with Crippen molar-refractivity contribution < 1.29 is 28.6 Å². The van der Waals surface area contributed by atoms with Crippen molar-refractivity contribution in [1.29, 1.82) is 0 Å². The molecule has 1 aromatic rings. The van der Waals surface area contributed by atoms with Crippen LogP contribution < -0.4 is 9.47 Å². The van der Waals surface area contributed by atoms with Crippen LogP contribution in [0.15, 0.2) is 23.1 Å². The van der Waals surface area contributed by atoms with Crippen LogP contribution in [0.4, 0.5) is 4.79 Å². The Hall–Kier alpha value is -2.48. The molecular formula is C18H21NO6S. The molecule has 26 heavy (non-hydrogen) atoms. The molecular weight excluding hydrogens is 358 g/mol. The molecule has 0 spiro atoms. The van der Waals surface area contributed by atoms with Crippen LogP contribution in [0.2, 0.25) is 0 Å². The van der Waals surface area contributed by atoms with Gasteiger partial charge in [0.2, 0.25) is 0 Å². The van der Waals surface area contributed by atoms with Gasteiger partial charge < -0.3 is 14.2 Å². The molecule has 1 saturated heterocycles. The van der Waals surface area contributed by atoms with E-state index in [1.807, 2.05) is 13.8 Å². The van der Waals surface area contributed by atoms with E-state index in [0.29, 0.717) is 28.4 Å². The fraction of sp³-hybridized carbons (Fsp3) is 0.389. The minimum absolute atomic E-state index is 0.142. The van der Waals surface area contributed by atoms with Gasteiger partial charge in [-0.2, -0.15) is 0 Å². The zero-order valence-corrected chi connectivity index (χ0v) is 15.9. The summed E-state index contributed by atoms with van der Waals surface area (Å²) in [6.07, 6.45) is 2.34. The average molecular weight is 379 g/mol. The van der Waals surface area contributed by atoms with E-state index in [4.69, 9.17) is 9.47 Å². The smallest absolute Gasteiger partial charge is 0.343 e. The number of hydrogen-bond acceptors (Lipinski definition) is 7. The van der Waals surface area contributed by atoms with Crippen LogP contribution in [0.3, 0.4) is 0 Å². The molecule has 7 nitrogen and oxygen atoms in total. The van der Waals surface area contributed by atoms with Gasteiger partial charge in [0.15, 0.2) is 18.1 Å². The van der Waals surface area contributed by atoms with E-state index in [1.54, 1.807) is 24.3 Å². The van der Waals surface area contributed by atoms with Gasteiger partial charge in [-0.15, -0.1) is 0 Å². The number of thioether (sulfide) groups is 1. The Morgan fingerprint density at radius 3 is 2.62 bits per heavy atom. The number of carbonyl (C=O) groups is 3. The Morgan fingerprint density at radius 1 is 1.27 bits per heavy atom. The summed E-state index contributed by atoms with van der Waals surface area (Å²) in [7, 11) is 2.75. The van der Waals surface area contributed by atoms with Gasteiger partial charge in [-0.05, 0) is 48.9 Å². The van der Waals surface area contributed by atoms with Crippen LogP contribution in [-0.2, 0) is 14.3 Å². The minimum Gasteiger partial charge on any atom is -0.493 e.